The molecule has 0 radical (unpaired) electrons. The second-order valence-electron chi connectivity index (χ2n) is 6.08. The standard InChI is InChI=1S/C17H18Cl2N4O2/c18-12-1-2-14(13(19)11-12)21-16-20-6-3-15(22-16)23-7-4-17(5-8-23)24-9-10-25-17/h1-3,6,11H,4-5,7-10H2,(H,20,21,22). The number of ether oxygens (including phenoxy) is 2. The van der Waals surface area contributed by atoms with Crippen molar-refractivity contribution in [3.8, 4) is 0 Å². The molecule has 2 fully saturated rings. The van der Waals surface area contributed by atoms with Crippen molar-refractivity contribution in [2.24, 2.45) is 0 Å². The molecule has 0 saturated carbocycles. The van der Waals surface area contributed by atoms with E-state index in [0.717, 1.165) is 31.7 Å². The molecule has 3 heterocycles. The number of nitrogens with one attached hydrogen (secondary N) is 1. The van der Waals surface area contributed by atoms with Gasteiger partial charge in [-0.1, -0.05) is 23.2 Å². The van der Waals surface area contributed by atoms with Gasteiger partial charge in [-0.15, -0.1) is 0 Å². The monoisotopic (exact) mass is 380 g/mol. The van der Waals surface area contributed by atoms with E-state index in [9.17, 15) is 0 Å². The first-order valence-corrected chi connectivity index (χ1v) is 8.97. The van der Waals surface area contributed by atoms with Gasteiger partial charge in [0.15, 0.2) is 5.79 Å². The number of anilines is 3. The first-order valence-electron chi connectivity index (χ1n) is 8.22. The van der Waals surface area contributed by atoms with E-state index < -0.39 is 0 Å². The predicted octanol–water partition coefficient (Wildman–Crippen LogP) is 3.87. The average molecular weight is 381 g/mol. The third kappa shape index (κ3) is 3.67. The van der Waals surface area contributed by atoms with Crippen LogP contribution in [0.25, 0.3) is 0 Å². The Morgan fingerprint density at radius 3 is 2.56 bits per heavy atom. The molecular formula is C17H18Cl2N4O2. The summed E-state index contributed by atoms with van der Waals surface area (Å²) in [6, 6.07) is 7.16. The summed E-state index contributed by atoms with van der Waals surface area (Å²) in [7, 11) is 0. The van der Waals surface area contributed by atoms with Gasteiger partial charge in [0, 0.05) is 37.2 Å². The van der Waals surface area contributed by atoms with E-state index in [-0.39, 0.29) is 5.79 Å². The lowest BCUT2D eigenvalue weighted by molar-refractivity contribution is -0.169. The normalized spacial score (nSPS) is 19.4. The number of halogens is 2. The van der Waals surface area contributed by atoms with Gasteiger partial charge >= 0.3 is 0 Å². The van der Waals surface area contributed by atoms with E-state index in [1.807, 2.05) is 6.07 Å². The molecule has 0 aliphatic carbocycles. The molecule has 1 N–H and O–H groups in total. The van der Waals surface area contributed by atoms with Crippen LogP contribution in [-0.2, 0) is 9.47 Å². The molecule has 2 aromatic rings. The van der Waals surface area contributed by atoms with Gasteiger partial charge < -0.3 is 19.7 Å². The fraction of sp³-hybridized carbons (Fsp3) is 0.412. The largest absolute Gasteiger partial charge is 0.356 e. The first kappa shape index (κ1) is 16.8. The molecule has 2 aliphatic rings. The maximum atomic E-state index is 6.20. The van der Waals surface area contributed by atoms with Crippen molar-refractivity contribution >= 4 is 40.7 Å². The van der Waals surface area contributed by atoms with Crippen molar-refractivity contribution in [3.63, 3.8) is 0 Å². The van der Waals surface area contributed by atoms with Crippen molar-refractivity contribution in [2.45, 2.75) is 18.6 Å². The number of hydrogen-bond acceptors (Lipinski definition) is 6. The Balaban J connectivity index is 1.46. The van der Waals surface area contributed by atoms with E-state index in [1.165, 1.54) is 0 Å². The van der Waals surface area contributed by atoms with Crippen molar-refractivity contribution < 1.29 is 9.47 Å². The van der Waals surface area contributed by atoms with Gasteiger partial charge in [-0.2, -0.15) is 4.98 Å². The Bertz CT molecular complexity index is 758. The van der Waals surface area contributed by atoms with Gasteiger partial charge in [0.25, 0.3) is 0 Å². The summed E-state index contributed by atoms with van der Waals surface area (Å²) in [4.78, 5) is 11.1. The van der Waals surface area contributed by atoms with Crippen LogP contribution < -0.4 is 10.2 Å². The van der Waals surface area contributed by atoms with E-state index in [0.29, 0.717) is 34.9 Å². The van der Waals surface area contributed by atoms with Crippen LogP contribution in [-0.4, -0.2) is 42.1 Å². The van der Waals surface area contributed by atoms with Gasteiger partial charge in [0.1, 0.15) is 5.82 Å². The molecule has 6 nitrogen and oxygen atoms in total. The highest BCUT2D eigenvalue weighted by Gasteiger charge is 2.40. The molecule has 0 bridgehead atoms. The summed E-state index contributed by atoms with van der Waals surface area (Å²) < 4.78 is 11.5. The van der Waals surface area contributed by atoms with Crippen LogP contribution in [0.1, 0.15) is 12.8 Å². The minimum Gasteiger partial charge on any atom is -0.356 e. The molecule has 0 unspecified atom stereocenters. The number of aromatic nitrogens is 2. The zero-order valence-corrected chi connectivity index (χ0v) is 15.1. The Hall–Kier alpha value is -1.60. The van der Waals surface area contributed by atoms with Gasteiger partial charge in [0.05, 0.1) is 23.9 Å². The fourth-order valence-corrected chi connectivity index (χ4v) is 3.61. The second kappa shape index (κ2) is 6.96. The lowest BCUT2D eigenvalue weighted by Crippen LogP contribution is -2.45. The molecule has 0 amide bonds. The molecule has 2 aliphatic heterocycles. The highest BCUT2D eigenvalue weighted by atomic mass is 35.5. The Morgan fingerprint density at radius 1 is 1.08 bits per heavy atom. The first-order chi connectivity index (χ1) is 12.1. The van der Waals surface area contributed by atoms with Crippen molar-refractivity contribution in [2.75, 3.05) is 36.5 Å². The Kier molecular flexibility index (Phi) is 4.69. The summed E-state index contributed by atoms with van der Waals surface area (Å²) >= 11 is 12.1. The SMILES string of the molecule is Clc1ccc(Nc2nccc(N3CCC4(CC3)OCCO4)n2)c(Cl)c1. The smallest absolute Gasteiger partial charge is 0.229 e. The van der Waals surface area contributed by atoms with E-state index >= 15 is 0 Å². The molecule has 2 saturated heterocycles. The number of piperidine rings is 1. The van der Waals surface area contributed by atoms with Crippen LogP contribution in [0.15, 0.2) is 30.5 Å². The minimum absolute atomic E-state index is 0.387. The van der Waals surface area contributed by atoms with Gasteiger partial charge in [-0.05, 0) is 24.3 Å². The zero-order chi connectivity index (χ0) is 17.3. The lowest BCUT2D eigenvalue weighted by atomic mass is 10.0. The third-order valence-corrected chi connectivity index (χ3v) is 5.03. The second-order valence-corrected chi connectivity index (χ2v) is 6.93. The number of benzene rings is 1. The Labute approximate surface area is 156 Å². The van der Waals surface area contributed by atoms with Crippen LogP contribution in [0.4, 0.5) is 17.5 Å². The highest BCUT2D eigenvalue weighted by molar-refractivity contribution is 6.36. The summed E-state index contributed by atoms with van der Waals surface area (Å²) in [6.45, 7) is 3.03. The predicted molar refractivity (Wildman–Crippen MR) is 97.9 cm³/mol. The zero-order valence-electron chi connectivity index (χ0n) is 13.5. The van der Waals surface area contributed by atoms with E-state index in [4.69, 9.17) is 32.7 Å². The summed E-state index contributed by atoms with van der Waals surface area (Å²) in [5, 5.41) is 4.25. The van der Waals surface area contributed by atoms with Gasteiger partial charge in [-0.3, -0.25) is 0 Å². The van der Waals surface area contributed by atoms with Crippen LogP contribution >= 0.6 is 23.2 Å². The lowest BCUT2D eigenvalue weighted by Gasteiger charge is -2.38. The summed E-state index contributed by atoms with van der Waals surface area (Å²) in [6.07, 6.45) is 3.41. The molecule has 1 spiro atoms. The minimum atomic E-state index is -0.387. The molecule has 8 heteroatoms. The molecule has 25 heavy (non-hydrogen) atoms. The average Bonchev–Trinajstić information content (AvgIpc) is 3.06. The molecule has 1 aromatic heterocycles. The quantitative estimate of drug-likeness (QED) is 0.871. The number of hydrogen-bond donors (Lipinski definition) is 1. The van der Waals surface area contributed by atoms with Crippen LogP contribution in [0.5, 0.6) is 0 Å². The molecule has 4 rings (SSSR count). The topological polar surface area (TPSA) is 59.5 Å². The molecule has 0 atom stereocenters. The van der Waals surface area contributed by atoms with E-state index in [2.05, 4.69) is 20.2 Å². The summed E-state index contributed by atoms with van der Waals surface area (Å²) in [5.41, 5.74) is 0.716. The molecular weight excluding hydrogens is 363 g/mol. The van der Waals surface area contributed by atoms with Gasteiger partial charge in [-0.25, -0.2) is 4.98 Å². The summed E-state index contributed by atoms with van der Waals surface area (Å²) in [5.74, 6) is 0.979. The fourth-order valence-electron chi connectivity index (χ4n) is 3.16. The van der Waals surface area contributed by atoms with Gasteiger partial charge in [0.2, 0.25) is 5.95 Å². The van der Waals surface area contributed by atoms with E-state index in [1.54, 1.807) is 24.4 Å². The highest BCUT2D eigenvalue weighted by Crippen LogP contribution is 2.33. The maximum Gasteiger partial charge on any atom is 0.229 e. The van der Waals surface area contributed by atoms with Crippen molar-refractivity contribution in [3.05, 3.63) is 40.5 Å². The number of rotatable bonds is 3. The van der Waals surface area contributed by atoms with Crippen LogP contribution in [0, 0.1) is 0 Å². The third-order valence-electron chi connectivity index (χ3n) is 4.48. The molecule has 132 valence electrons. The number of nitrogens with zero attached hydrogens (tertiary/aromatic N) is 3. The Morgan fingerprint density at radius 2 is 1.84 bits per heavy atom. The van der Waals surface area contributed by atoms with Crippen molar-refractivity contribution in [1.29, 1.82) is 0 Å². The van der Waals surface area contributed by atoms with Crippen molar-refractivity contribution in [1.82, 2.24) is 9.97 Å². The van der Waals surface area contributed by atoms with Crippen LogP contribution in [0.3, 0.4) is 0 Å². The molecule has 1 aromatic carbocycles. The van der Waals surface area contributed by atoms with Crippen LogP contribution in [0.2, 0.25) is 10.0 Å². The maximum absolute atomic E-state index is 6.20.